The molecule has 0 aliphatic heterocycles. The third-order valence-electron chi connectivity index (χ3n) is 0.822. The van der Waals surface area contributed by atoms with Crippen molar-refractivity contribution in [3.05, 3.63) is 0 Å². The highest BCUT2D eigenvalue weighted by Crippen LogP contribution is 2.05. The van der Waals surface area contributed by atoms with Gasteiger partial charge >= 0.3 is 0 Å². The molecule has 1 atom stereocenters. The average Bonchev–Trinajstić information content (AvgIpc) is 1.21. The van der Waals surface area contributed by atoms with Gasteiger partial charge in [0.1, 0.15) is 0 Å². The summed E-state index contributed by atoms with van der Waals surface area (Å²) in [5.74, 6) is 0. The van der Waals surface area contributed by atoms with Crippen LogP contribution in [0.1, 0.15) is 27.2 Å². The van der Waals surface area contributed by atoms with Crippen LogP contribution in [0.2, 0.25) is 0 Å². The van der Waals surface area contributed by atoms with Crippen LogP contribution in [0.3, 0.4) is 0 Å². The number of aliphatic hydroxyl groups excluding tert-OH is 1. The van der Waals surface area contributed by atoms with Crippen LogP contribution in [-0.2, 0) is 0 Å². The highest BCUT2D eigenvalue weighted by Gasteiger charge is 2.12. The summed E-state index contributed by atoms with van der Waals surface area (Å²) < 4.78 is 0. The summed E-state index contributed by atoms with van der Waals surface area (Å²) in [6.45, 7) is 5.55. The second-order valence-corrected chi connectivity index (χ2v) is 3.04. The normalized spacial score (nSPS) is 16.1. The van der Waals surface area contributed by atoms with Crippen molar-refractivity contribution in [2.45, 2.75) is 38.8 Å². The predicted molar refractivity (Wildman–Crippen MR) is 34.6 cm³/mol. The van der Waals surface area contributed by atoms with E-state index in [4.69, 9.17) is 10.8 Å². The molecule has 0 heterocycles. The van der Waals surface area contributed by atoms with Crippen LogP contribution in [0.5, 0.6) is 0 Å². The smallest absolute Gasteiger partial charge is 0.0529 e. The van der Waals surface area contributed by atoms with E-state index in [9.17, 15) is 0 Å². The van der Waals surface area contributed by atoms with E-state index in [-0.39, 0.29) is 11.6 Å². The van der Waals surface area contributed by atoms with Crippen molar-refractivity contribution in [1.29, 1.82) is 0 Å². The third-order valence-corrected chi connectivity index (χ3v) is 0.822. The fourth-order valence-corrected chi connectivity index (χ4v) is 0.761. The van der Waals surface area contributed by atoms with E-state index >= 15 is 0 Å². The molecule has 0 spiro atoms. The van der Waals surface area contributed by atoms with Gasteiger partial charge < -0.3 is 10.8 Å². The molecule has 0 radical (unpaired) electrons. The van der Waals surface area contributed by atoms with E-state index in [2.05, 4.69) is 0 Å². The molecular formula is C6H15NO. The third kappa shape index (κ3) is 5.92. The lowest BCUT2D eigenvalue weighted by molar-refractivity contribution is 0.158. The van der Waals surface area contributed by atoms with Crippen molar-refractivity contribution in [3.8, 4) is 0 Å². The van der Waals surface area contributed by atoms with Crippen LogP contribution in [-0.4, -0.2) is 16.7 Å². The Morgan fingerprint density at radius 2 is 2.00 bits per heavy atom. The highest BCUT2D eigenvalue weighted by molar-refractivity contribution is 4.73. The van der Waals surface area contributed by atoms with Crippen molar-refractivity contribution < 1.29 is 5.11 Å². The monoisotopic (exact) mass is 117 g/mol. The number of aliphatic hydroxyl groups is 1. The summed E-state index contributed by atoms with van der Waals surface area (Å²) in [4.78, 5) is 0. The standard InChI is InChI=1S/C6H15NO/c1-5(8)4-6(2,3)7/h5,8H,4,7H2,1-3H3/t5-/m0/s1. The Balaban J connectivity index is 3.39. The van der Waals surface area contributed by atoms with Crippen LogP contribution >= 0.6 is 0 Å². The maximum absolute atomic E-state index is 8.81. The Hall–Kier alpha value is -0.0800. The Morgan fingerprint density at radius 3 is 2.00 bits per heavy atom. The minimum Gasteiger partial charge on any atom is -0.393 e. The summed E-state index contributed by atoms with van der Waals surface area (Å²) in [7, 11) is 0. The molecule has 0 bridgehead atoms. The van der Waals surface area contributed by atoms with Gasteiger partial charge in [0.15, 0.2) is 0 Å². The molecule has 0 rings (SSSR count). The van der Waals surface area contributed by atoms with E-state index in [1.807, 2.05) is 13.8 Å². The van der Waals surface area contributed by atoms with Gasteiger partial charge in [-0.2, -0.15) is 0 Å². The fraction of sp³-hybridized carbons (Fsp3) is 1.00. The van der Waals surface area contributed by atoms with Gasteiger partial charge in [-0.15, -0.1) is 0 Å². The lowest BCUT2D eigenvalue weighted by atomic mass is 9.99. The Labute approximate surface area is 50.7 Å². The van der Waals surface area contributed by atoms with Gasteiger partial charge in [-0.3, -0.25) is 0 Å². The Morgan fingerprint density at radius 1 is 1.62 bits per heavy atom. The largest absolute Gasteiger partial charge is 0.393 e. The van der Waals surface area contributed by atoms with Crippen LogP contribution in [0.15, 0.2) is 0 Å². The number of rotatable bonds is 2. The zero-order valence-electron chi connectivity index (χ0n) is 5.81. The molecule has 2 nitrogen and oxygen atoms in total. The maximum Gasteiger partial charge on any atom is 0.0529 e. The molecule has 2 heteroatoms. The molecule has 0 aromatic heterocycles. The fourth-order valence-electron chi connectivity index (χ4n) is 0.761. The van der Waals surface area contributed by atoms with Crippen LogP contribution < -0.4 is 5.73 Å². The van der Waals surface area contributed by atoms with Crippen LogP contribution in [0.25, 0.3) is 0 Å². The maximum atomic E-state index is 8.81. The highest BCUT2D eigenvalue weighted by atomic mass is 16.3. The minimum absolute atomic E-state index is 0.228. The van der Waals surface area contributed by atoms with Crippen molar-refractivity contribution in [1.82, 2.24) is 0 Å². The molecule has 0 aliphatic carbocycles. The van der Waals surface area contributed by atoms with E-state index in [1.54, 1.807) is 6.92 Å². The second-order valence-electron chi connectivity index (χ2n) is 3.04. The summed E-state index contributed by atoms with van der Waals surface area (Å²) in [5.41, 5.74) is 5.35. The predicted octanol–water partition coefficient (Wildman–Crippen LogP) is 0.495. The van der Waals surface area contributed by atoms with E-state index in [0.717, 1.165) is 0 Å². The lowest BCUT2D eigenvalue weighted by Gasteiger charge is -2.19. The van der Waals surface area contributed by atoms with Gasteiger partial charge in [0, 0.05) is 5.54 Å². The van der Waals surface area contributed by atoms with E-state index < -0.39 is 0 Å². The second kappa shape index (κ2) is 2.46. The first-order chi connectivity index (χ1) is 3.42. The lowest BCUT2D eigenvalue weighted by Crippen LogP contribution is -2.35. The molecule has 0 aromatic carbocycles. The Bertz CT molecular complexity index is 63.4. The molecule has 0 unspecified atom stereocenters. The summed E-state index contributed by atoms with van der Waals surface area (Å²) in [6, 6.07) is 0. The SMILES string of the molecule is C[C@H](O)CC(C)(C)N. The summed E-state index contributed by atoms with van der Waals surface area (Å²) in [5, 5.41) is 8.81. The number of nitrogens with two attached hydrogens (primary N) is 1. The molecule has 0 saturated heterocycles. The molecule has 0 aliphatic rings. The quantitative estimate of drug-likeness (QED) is 0.553. The van der Waals surface area contributed by atoms with Gasteiger partial charge in [-0.1, -0.05) is 0 Å². The summed E-state index contributed by atoms with van der Waals surface area (Å²) >= 11 is 0. The van der Waals surface area contributed by atoms with Crippen molar-refractivity contribution in [2.75, 3.05) is 0 Å². The summed E-state index contributed by atoms with van der Waals surface area (Å²) in [6.07, 6.45) is 0.377. The number of hydrogen-bond donors (Lipinski definition) is 2. The zero-order valence-corrected chi connectivity index (χ0v) is 5.81. The Kier molecular flexibility index (Phi) is 2.44. The molecule has 0 saturated carbocycles. The van der Waals surface area contributed by atoms with Gasteiger partial charge in [-0.25, -0.2) is 0 Å². The van der Waals surface area contributed by atoms with Crippen molar-refractivity contribution in [2.24, 2.45) is 5.73 Å². The van der Waals surface area contributed by atoms with Crippen LogP contribution in [0, 0.1) is 0 Å². The zero-order chi connectivity index (χ0) is 6.78. The van der Waals surface area contributed by atoms with Crippen molar-refractivity contribution >= 4 is 0 Å². The van der Waals surface area contributed by atoms with Gasteiger partial charge in [0.05, 0.1) is 6.10 Å². The molecule has 8 heavy (non-hydrogen) atoms. The van der Waals surface area contributed by atoms with Gasteiger partial charge in [0.25, 0.3) is 0 Å². The van der Waals surface area contributed by atoms with Gasteiger partial charge in [-0.05, 0) is 27.2 Å². The first-order valence-electron chi connectivity index (χ1n) is 2.89. The van der Waals surface area contributed by atoms with Crippen LogP contribution in [0.4, 0.5) is 0 Å². The molecule has 0 fully saturated rings. The topological polar surface area (TPSA) is 46.2 Å². The van der Waals surface area contributed by atoms with E-state index in [0.29, 0.717) is 6.42 Å². The molecule has 50 valence electrons. The first kappa shape index (κ1) is 7.92. The molecular weight excluding hydrogens is 102 g/mol. The van der Waals surface area contributed by atoms with Crippen molar-refractivity contribution in [3.63, 3.8) is 0 Å². The molecule has 0 amide bonds. The van der Waals surface area contributed by atoms with Gasteiger partial charge in [0.2, 0.25) is 0 Å². The number of hydrogen-bond acceptors (Lipinski definition) is 2. The first-order valence-corrected chi connectivity index (χ1v) is 2.89. The van der Waals surface area contributed by atoms with E-state index in [1.165, 1.54) is 0 Å². The molecule has 0 aromatic rings. The minimum atomic E-state index is -0.282. The molecule has 3 N–H and O–H groups in total. The average molecular weight is 117 g/mol.